The van der Waals surface area contributed by atoms with Gasteiger partial charge in [-0.3, -0.25) is 0 Å². The van der Waals surface area contributed by atoms with Gasteiger partial charge in [-0.1, -0.05) is 30.3 Å². The quantitative estimate of drug-likeness (QED) is 0.597. The number of halogens is 1. The SMILES string of the molecule is CC(C)n1c(CCC=O)c(-c2ccc(F)cc2)c2ccccc21. The van der Waals surface area contributed by atoms with E-state index in [1.54, 1.807) is 0 Å². The first-order chi connectivity index (χ1) is 11.1. The Hall–Kier alpha value is -2.42. The van der Waals surface area contributed by atoms with Crippen LogP contribution in [0.15, 0.2) is 48.5 Å². The maximum atomic E-state index is 13.3. The number of carbonyl (C=O) groups excluding carboxylic acids is 1. The first-order valence-corrected chi connectivity index (χ1v) is 7.95. The molecule has 0 aliphatic carbocycles. The largest absolute Gasteiger partial charge is 0.341 e. The summed E-state index contributed by atoms with van der Waals surface area (Å²) in [5.41, 5.74) is 4.39. The third-order valence-corrected chi connectivity index (χ3v) is 4.16. The molecule has 0 unspecified atom stereocenters. The van der Waals surface area contributed by atoms with E-state index in [2.05, 4.69) is 30.5 Å². The monoisotopic (exact) mass is 309 g/mol. The van der Waals surface area contributed by atoms with Crippen molar-refractivity contribution in [3.05, 3.63) is 60.0 Å². The van der Waals surface area contributed by atoms with Crippen LogP contribution in [0.1, 0.15) is 32.0 Å². The van der Waals surface area contributed by atoms with Crippen molar-refractivity contribution in [3.8, 4) is 11.1 Å². The Balaban J connectivity index is 2.33. The highest BCUT2D eigenvalue weighted by molar-refractivity contribution is 5.98. The molecule has 3 aromatic rings. The normalized spacial score (nSPS) is 11.3. The summed E-state index contributed by atoms with van der Waals surface area (Å²) in [5.74, 6) is -0.240. The van der Waals surface area contributed by atoms with E-state index in [9.17, 15) is 9.18 Å². The summed E-state index contributed by atoms with van der Waals surface area (Å²) in [4.78, 5) is 10.9. The molecule has 3 rings (SSSR count). The first kappa shape index (κ1) is 15.5. The van der Waals surface area contributed by atoms with Crippen LogP contribution in [0.5, 0.6) is 0 Å². The molecule has 0 aliphatic heterocycles. The maximum Gasteiger partial charge on any atom is 0.123 e. The fourth-order valence-corrected chi connectivity index (χ4v) is 3.29. The Morgan fingerprint density at radius 2 is 1.78 bits per heavy atom. The summed E-state index contributed by atoms with van der Waals surface area (Å²) in [5, 5.41) is 1.15. The van der Waals surface area contributed by atoms with Gasteiger partial charge < -0.3 is 9.36 Å². The molecule has 0 atom stereocenters. The van der Waals surface area contributed by atoms with E-state index >= 15 is 0 Å². The number of hydrogen-bond donors (Lipinski definition) is 0. The first-order valence-electron chi connectivity index (χ1n) is 7.95. The van der Waals surface area contributed by atoms with Crippen molar-refractivity contribution in [2.24, 2.45) is 0 Å². The number of carbonyl (C=O) groups is 1. The van der Waals surface area contributed by atoms with Crippen LogP contribution < -0.4 is 0 Å². The number of fused-ring (bicyclic) bond motifs is 1. The van der Waals surface area contributed by atoms with Crippen LogP contribution in [0.3, 0.4) is 0 Å². The number of rotatable bonds is 5. The molecule has 0 saturated carbocycles. The fraction of sp³-hybridized carbons (Fsp3) is 0.250. The van der Waals surface area contributed by atoms with Crippen molar-refractivity contribution >= 4 is 17.2 Å². The third kappa shape index (κ3) is 2.79. The van der Waals surface area contributed by atoms with Gasteiger partial charge in [0.25, 0.3) is 0 Å². The van der Waals surface area contributed by atoms with Crippen LogP contribution in [0.4, 0.5) is 4.39 Å². The molecule has 0 radical (unpaired) electrons. The summed E-state index contributed by atoms with van der Waals surface area (Å²) in [6.45, 7) is 4.29. The number of nitrogens with zero attached hydrogens (tertiary/aromatic N) is 1. The Morgan fingerprint density at radius 1 is 1.09 bits per heavy atom. The lowest BCUT2D eigenvalue weighted by molar-refractivity contribution is -0.107. The van der Waals surface area contributed by atoms with Gasteiger partial charge in [0.15, 0.2) is 0 Å². The van der Waals surface area contributed by atoms with Gasteiger partial charge in [0, 0.05) is 34.6 Å². The Kier molecular flexibility index (Phi) is 4.28. The molecule has 0 aliphatic rings. The minimum atomic E-state index is -0.240. The molecule has 118 valence electrons. The number of benzene rings is 2. The second-order valence-electron chi connectivity index (χ2n) is 6.01. The zero-order valence-electron chi connectivity index (χ0n) is 13.4. The van der Waals surface area contributed by atoms with Crippen LogP contribution in [-0.2, 0) is 11.2 Å². The van der Waals surface area contributed by atoms with Gasteiger partial charge >= 0.3 is 0 Å². The Bertz CT molecular complexity index is 831. The molecule has 3 heteroatoms. The lowest BCUT2D eigenvalue weighted by atomic mass is 10.00. The Labute approximate surface area is 135 Å². The zero-order chi connectivity index (χ0) is 16.4. The van der Waals surface area contributed by atoms with Crippen molar-refractivity contribution in [2.45, 2.75) is 32.7 Å². The average molecular weight is 309 g/mol. The van der Waals surface area contributed by atoms with Crippen molar-refractivity contribution in [3.63, 3.8) is 0 Å². The van der Waals surface area contributed by atoms with E-state index in [1.165, 1.54) is 12.1 Å². The predicted molar refractivity (Wildman–Crippen MR) is 92.1 cm³/mol. The highest BCUT2D eigenvalue weighted by atomic mass is 19.1. The zero-order valence-corrected chi connectivity index (χ0v) is 13.4. The molecule has 0 saturated heterocycles. The van der Waals surface area contributed by atoms with Crippen LogP contribution in [0.2, 0.25) is 0 Å². The minimum absolute atomic E-state index is 0.240. The second-order valence-corrected chi connectivity index (χ2v) is 6.01. The van der Waals surface area contributed by atoms with Crippen molar-refractivity contribution < 1.29 is 9.18 Å². The molecule has 1 aromatic heterocycles. The number of aldehydes is 1. The molecular formula is C20H20FNO. The van der Waals surface area contributed by atoms with E-state index in [-0.39, 0.29) is 11.9 Å². The lowest BCUT2D eigenvalue weighted by Gasteiger charge is -2.15. The Morgan fingerprint density at radius 3 is 2.43 bits per heavy atom. The van der Waals surface area contributed by atoms with Gasteiger partial charge in [0.1, 0.15) is 12.1 Å². The predicted octanol–water partition coefficient (Wildman–Crippen LogP) is 5.16. The number of hydrogen-bond acceptors (Lipinski definition) is 1. The second kappa shape index (κ2) is 6.37. The minimum Gasteiger partial charge on any atom is -0.341 e. The molecule has 23 heavy (non-hydrogen) atoms. The molecule has 0 amide bonds. The average Bonchev–Trinajstić information content (AvgIpc) is 2.88. The summed E-state index contributed by atoms with van der Waals surface area (Å²) < 4.78 is 15.6. The smallest absolute Gasteiger partial charge is 0.123 e. The summed E-state index contributed by atoms with van der Waals surface area (Å²) in [6.07, 6.45) is 2.12. The van der Waals surface area contributed by atoms with E-state index in [0.717, 1.165) is 34.0 Å². The molecule has 0 N–H and O–H groups in total. The molecule has 1 heterocycles. The van der Waals surface area contributed by atoms with Crippen molar-refractivity contribution in [1.82, 2.24) is 4.57 Å². The maximum absolute atomic E-state index is 13.3. The molecular weight excluding hydrogens is 289 g/mol. The number of para-hydroxylation sites is 1. The highest BCUT2D eigenvalue weighted by Crippen LogP contribution is 2.37. The van der Waals surface area contributed by atoms with E-state index < -0.39 is 0 Å². The summed E-state index contributed by atoms with van der Waals surface area (Å²) >= 11 is 0. The van der Waals surface area contributed by atoms with Gasteiger partial charge in [-0.25, -0.2) is 4.39 Å². The van der Waals surface area contributed by atoms with Gasteiger partial charge in [-0.2, -0.15) is 0 Å². The van der Waals surface area contributed by atoms with E-state index in [4.69, 9.17) is 0 Å². The molecule has 0 bridgehead atoms. The molecule has 2 nitrogen and oxygen atoms in total. The topological polar surface area (TPSA) is 22.0 Å². The number of aromatic nitrogens is 1. The third-order valence-electron chi connectivity index (χ3n) is 4.16. The summed E-state index contributed by atoms with van der Waals surface area (Å²) in [6, 6.07) is 15.1. The van der Waals surface area contributed by atoms with E-state index in [0.29, 0.717) is 12.8 Å². The molecule has 0 fully saturated rings. The standard InChI is InChI=1S/C20H20FNO/c1-14(2)22-18-7-4-3-6-17(18)20(19(22)8-5-13-23)15-9-11-16(21)12-10-15/h3-4,6-7,9-14H,5,8H2,1-2H3. The van der Waals surface area contributed by atoms with Crippen LogP contribution in [0.25, 0.3) is 22.0 Å². The van der Waals surface area contributed by atoms with Gasteiger partial charge in [-0.15, -0.1) is 0 Å². The van der Waals surface area contributed by atoms with Crippen LogP contribution in [0, 0.1) is 5.82 Å². The van der Waals surface area contributed by atoms with Crippen molar-refractivity contribution in [1.29, 1.82) is 0 Å². The fourth-order valence-electron chi connectivity index (χ4n) is 3.29. The van der Waals surface area contributed by atoms with Crippen LogP contribution in [-0.4, -0.2) is 10.9 Å². The molecule has 2 aromatic carbocycles. The highest BCUT2D eigenvalue weighted by Gasteiger charge is 2.19. The lowest BCUT2D eigenvalue weighted by Crippen LogP contribution is -2.06. The molecule has 0 spiro atoms. The van der Waals surface area contributed by atoms with Gasteiger partial charge in [0.05, 0.1) is 0 Å². The van der Waals surface area contributed by atoms with Gasteiger partial charge in [-0.05, 0) is 44.0 Å². The van der Waals surface area contributed by atoms with Crippen LogP contribution >= 0.6 is 0 Å². The summed E-state index contributed by atoms with van der Waals surface area (Å²) in [7, 11) is 0. The van der Waals surface area contributed by atoms with E-state index in [1.807, 2.05) is 24.3 Å². The van der Waals surface area contributed by atoms with Gasteiger partial charge in [0.2, 0.25) is 0 Å². The van der Waals surface area contributed by atoms with Crippen molar-refractivity contribution in [2.75, 3.05) is 0 Å².